The van der Waals surface area contributed by atoms with Crippen molar-refractivity contribution < 1.29 is 0 Å². The molecular formula is C18H27N7S. The summed E-state index contributed by atoms with van der Waals surface area (Å²) in [6, 6.07) is 4.50. The number of H-pyrrole nitrogens is 2. The zero-order chi connectivity index (χ0) is 16.1. The molecule has 0 amide bonds. The molecule has 0 unspecified atom stereocenters. The number of rotatable bonds is 6. The molecule has 2 saturated carbocycles. The van der Waals surface area contributed by atoms with Gasteiger partial charge in [0.15, 0.2) is 5.82 Å². The van der Waals surface area contributed by atoms with Crippen molar-refractivity contribution in [3.05, 3.63) is 24.0 Å². The highest BCUT2D eigenvalue weighted by atomic mass is 32.1. The van der Waals surface area contributed by atoms with Gasteiger partial charge >= 0.3 is 0 Å². The van der Waals surface area contributed by atoms with Gasteiger partial charge in [-0.2, -0.15) is 28.6 Å². The predicted octanol–water partition coefficient (Wildman–Crippen LogP) is 4.26. The fraction of sp³-hybridized carbons (Fsp3) is 0.500. The zero-order valence-corrected chi connectivity index (χ0v) is 15.1. The number of hydrogen-bond acceptors (Lipinski definition) is 5. The van der Waals surface area contributed by atoms with Crippen LogP contribution in [0.15, 0.2) is 18.3 Å². The Kier molecular flexibility index (Phi) is 5.13. The predicted molar refractivity (Wildman–Crippen MR) is 111 cm³/mol. The third kappa shape index (κ3) is 3.65. The maximum absolute atomic E-state index is 4.68. The normalized spacial score (nSPS) is 17.3. The molecule has 1 atom stereocenters. The largest absolute Gasteiger partial charge is 0.367 e. The van der Waals surface area contributed by atoms with Crippen LogP contribution in [0.1, 0.15) is 51.6 Å². The molecule has 3 heterocycles. The minimum atomic E-state index is 0. The Hall–Kier alpha value is -2.22. The minimum absolute atomic E-state index is 0. The average molecular weight is 374 g/mol. The zero-order valence-electron chi connectivity index (χ0n) is 14.1. The van der Waals surface area contributed by atoms with Crippen LogP contribution in [0.25, 0.3) is 11.0 Å². The van der Waals surface area contributed by atoms with Crippen molar-refractivity contribution in [2.24, 2.45) is 5.92 Å². The number of aromatic nitrogens is 5. The van der Waals surface area contributed by atoms with Crippen molar-refractivity contribution in [2.45, 2.75) is 52.0 Å². The number of hydrogen-bond donors (Lipinski definition) is 4. The Morgan fingerprint density at radius 3 is 2.73 bits per heavy atom. The summed E-state index contributed by atoms with van der Waals surface area (Å²) in [5.41, 5.74) is 2.02. The number of nitrogens with zero attached hydrogens (tertiary/aromatic N) is 3. The quantitative estimate of drug-likeness (QED) is 0.518. The Balaban J connectivity index is 0.000000980. The van der Waals surface area contributed by atoms with E-state index >= 15 is 0 Å². The van der Waals surface area contributed by atoms with Gasteiger partial charge in [0, 0.05) is 29.9 Å². The smallest absolute Gasteiger partial charge is 0.232 e. The van der Waals surface area contributed by atoms with Gasteiger partial charge in [-0.25, -0.2) is 0 Å². The molecule has 2 fully saturated rings. The lowest BCUT2D eigenvalue weighted by atomic mass is 10.2. The maximum atomic E-state index is 4.68. The van der Waals surface area contributed by atoms with Crippen LogP contribution in [0, 0.1) is 5.92 Å². The number of fused-ring (bicyclic) bond motifs is 1. The summed E-state index contributed by atoms with van der Waals surface area (Å²) >= 11 is 0. The van der Waals surface area contributed by atoms with E-state index in [-0.39, 0.29) is 20.9 Å². The molecule has 0 saturated heterocycles. The second-order valence-corrected chi connectivity index (χ2v) is 7.01. The molecule has 0 aromatic carbocycles. The summed E-state index contributed by atoms with van der Waals surface area (Å²) in [7, 11) is 0. The van der Waals surface area contributed by atoms with Crippen LogP contribution in [0.5, 0.6) is 0 Å². The first-order valence-electron chi connectivity index (χ1n) is 8.70. The average Bonchev–Trinajstić information content (AvgIpc) is 3.49. The Morgan fingerprint density at radius 1 is 1.19 bits per heavy atom. The molecule has 2 aliphatic rings. The number of aromatic amines is 2. The summed E-state index contributed by atoms with van der Waals surface area (Å²) in [5, 5.41) is 15.2. The molecule has 0 radical (unpaired) electrons. The van der Waals surface area contributed by atoms with E-state index in [1.165, 1.54) is 31.4 Å². The topological polar surface area (TPSA) is 94.3 Å². The highest BCUT2D eigenvalue weighted by Gasteiger charge is 2.29. The summed E-state index contributed by atoms with van der Waals surface area (Å²) in [6.07, 6.45) is 7.00. The maximum Gasteiger partial charge on any atom is 0.232 e. The molecule has 5 rings (SSSR count). The standard InChI is InChI=1S/C17H21N7.CH4.H2S/c1-9(10-2-3-10)19-16-12-6-7-18-15(12)21-17(22-16)20-14-8-13(23-24-14)11-4-5-11;;/h6-11H,2-5H2,1H3,(H4,18,19,20,21,22,23,24);1H4;1H2/t9-;;/m0../s1. The third-order valence-corrected chi connectivity index (χ3v) is 4.96. The van der Waals surface area contributed by atoms with E-state index in [2.05, 4.69) is 48.8 Å². The van der Waals surface area contributed by atoms with Crippen molar-refractivity contribution in [1.82, 2.24) is 25.1 Å². The Labute approximate surface area is 160 Å². The van der Waals surface area contributed by atoms with Gasteiger partial charge in [-0.05, 0) is 44.6 Å². The van der Waals surface area contributed by atoms with Crippen molar-refractivity contribution >= 4 is 42.1 Å². The number of nitrogens with one attached hydrogen (secondary N) is 4. The second kappa shape index (κ2) is 7.19. The van der Waals surface area contributed by atoms with Crippen molar-refractivity contribution in [2.75, 3.05) is 10.6 Å². The van der Waals surface area contributed by atoms with E-state index in [9.17, 15) is 0 Å². The molecule has 3 aromatic heterocycles. The third-order valence-electron chi connectivity index (χ3n) is 4.96. The molecule has 0 spiro atoms. The molecule has 8 heteroatoms. The molecule has 140 valence electrons. The SMILES string of the molecule is C.C[C@H](Nc1nc(Nc2cc(C3CC3)[nH]n2)nc2[nH]ccc12)C1CC1.S. The van der Waals surface area contributed by atoms with Crippen LogP contribution in [0.3, 0.4) is 0 Å². The monoisotopic (exact) mass is 373 g/mol. The van der Waals surface area contributed by atoms with Crippen LogP contribution in [-0.2, 0) is 0 Å². The fourth-order valence-corrected chi connectivity index (χ4v) is 3.16. The van der Waals surface area contributed by atoms with E-state index in [1.807, 2.05) is 12.3 Å². The first-order chi connectivity index (χ1) is 11.8. The van der Waals surface area contributed by atoms with E-state index < -0.39 is 0 Å². The molecule has 0 aliphatic heterocycles. The first kappa shape index (κ1) is 18.6. The molecule has 4 N–H and O–H groups in total. The van der Waals surface area contributed by atoms with E-state index in [1.54, 1.807) is 0 Å². The van der Waals surface area contributed by atoms with Crippen LogP contribution in [-0.4, -0.2) is 31.2 Å². The lowest BCUT2D eigenvalue weighted by Crippen LogP contribution is -2.18. The van der Waals surface area contributed by atoms with Gasteiger partial charge in [-0.15, -0.1) is 0 Å². The van der Waals surface area contributed by atoms with Crippen LogP contribution < -0.4 is 10.6 Å². The van der Waals surface area contributed by atoms with Crippen molar-refractivity contribution in [1.29, 1.82) is 0 Å². The van der Waals surface area contributed by atoms with Crippen LogP contribution >= 0.6 is 13.5 Å². The highest BCUT2D eigenvalue weighted by Crippen LogP contribution is 2.39. The first-order valence-corrected chi connectivity index (χ1v) is 8.70. The lowest BCUT2D eigenvalue weighted by molar-refractivity contribution is 0.691. The van der Waals surface area contributed by atoms with Crippen molar-refractivity contribution in [3.63, 3.8) is 0 Å². The van der Waals surface area contributed by atoms with E-state index in [4.69, 9.17) is 0 Å². The van der Waals surface area contributed by atoms with Gasteiger partial charge in [0.2, 0.25) is 5.95 Å². The summed E-state index contributed by atoms with van der Waals surface area (Å²) in [6.45, 7) is 2.22. The van der Waals surface area contributed by atoms with E-state index in [0.717, 1.165) is 28.6 Å². The molecule has 2 aliphatic carbocycles. The van der Waals surface area contributed by atoms with Gasteiger partial charge < -0.3 is 15.6 Å². The lowest BCUT2D eigenvalue weighted by Gasteiger charge is -2.15. The molecule has 26 heavy (non-hydrogen) atoms. The van der Waals surface area contributed by atoms with Gasteiger partial charge in [0.25, 0.3) is 0 Å². The summed E-state index contributed by atoms with van der Waals surface area (Å²) in [5.74, 6) is 3.61. The number of anilines is 3. The van der Waals surface area contributed by atoms with Crippen molar-refractivity contribution in [3.8, 4) is 0 Å². The summed E-state index contributed by atoms with van der Waals surface area (Å²) < 4.78 is 0. The molecule has 7 nitrogen and oxygen atoms in total. The Bertz CT molecular complexity index is 879. The Morgan fingerprint density at radius 2 is 2.00 bits per heavy atom. The van der Waals surface area contributed by atoms with Gasteiger partial charge in [-0.1, -0.05) is 7.43 Å². The fourth-order valence-electron chi connectivity index (χ4n) is 3.16. The van der Waals surface area contributed by atoms with Crippen LogP contribution in [0.2, 0.25) is 0 Å². The van der Waals surface area contributed by atoms with Gasteiger partial charge in [0.1, 0.15) is 11.5 Å². The highest BCUT2D eigenvalue weighted by molar-refractivity contribution is 7.59. The van der Waals surface area contributed by atoms with Gasteiger partial charge in [-0.3, -0.25) is 5.10 Å². The molecule has 0 bridgehead atoms. The van der Waals surface area contributed by atoms with E-state index in [0.29, 0.717) is 17.9 Å². The molecule has 3 aromatic rings. The minimum Gasteiger partial charge on any atom is -0.367 e. The summed E-state index contributed by atoms with van der Waals surface area (Å²) in [4.78, 5) is 12.4. The van der Waals surface area contributed by atoms with Crippen LogP contribution in [0.4, 0.5) is 17.6 Å². The van der Waals surface area contributed by atoms with Gasteiger partial charge in [0.05, 0.1) is 5.39 Å². The second-order valence-electron chi connectivity index (χ2n) is 7.01. The molecular weight excluding hydrogens is 346 g/mol.